The number of rotatable bonds is 3. The first-order chi connectivity index (χ1) is 6.37. The molecule has 0 amide bonds. The van der Waals surface area contributed by atoms with E-state index in [9.17, 15) is 0 Å². The highest BCUT2D eigenvalue weighted by Gasteiger charge is 2.10. The minimum atomic E-state index is -3.19. The van der Waals surface area contributed by atoms with E-state index in [4.69, 9.17) is 9.79 Å². The maximum Gasteiger partial charge on any atom is 0.242 e. The third kappa shape index (κ3) is 4.48. The maximum atomic E-state index is 9.01. The molecule has 1 aromatic heterocycles. The Morgan fingerprint density at radius 2 is 1.86 bits per heavy atom. The molecule has 4 nitrogen and oxygen atoms in total. The van der Waals surface area contributed by atoms with Crippen LogP contribution < -0.4 is 0 Å². The molecular weight excluding hydrogens is 239 g/mol. The first-order valence-electron chi connectivity index (χ1n) is 3.88. The van der Waals surface area contributed by atoms with Gasteiger partial charge in [-0.25, -0.2) is 9.97 Å². The quantitative estimate of drug-likeness (QED) is 0.793. The van der Waals surface area contributed by atoms with Crippen LogP contribution in [0.3, 0.4) is 0 Å². The summed E-state index contributed by atoms with van der Waals surface area (Å²) >= 11 is 5.40. The zero-order chi connectivity index (χ0) is 10.8. The summed E-state index contributed by atoms with van der Waals surface area (Å²) < 4.78 is 0. The molecule has 0 aliphatic carbocycles. The fourth-order valence-electron chi connectivity index (χ4n) is 1.01. The molecule has 0 saturated heterocycles. The van der Waals surface area contributed by atoms with E-state index in [0.29, 0.717) is 11.6 Å². The summed E-state index contributed by atoms with van der Waals surface area (Å²) in [7, 11) is 0. The zero-order valence-electron chi connectivity index (χ0n) is 7.84. The number of hydrogen-bond donors (Lipinski definition) is 2. The van der Waals surface area contributed by atoms with Gasteiger partial charge in [0.2, 0.25) is 5.69 Å². The van der Waals surface area contributed by atoms with Crippen molar-refractivity contribution in [2.24, 2.45) is 0 Å². The van der Waals surface area contributed by atoms with Crippen LogP contribution in [0.5, 0.6) is 0 Å². The van der Waals surface area contributed by atoms with Gasteiger partial charge in [-0.05, 0) is 31.7 Å². The molecule has 0 aliphatic rings. The van der Waals surface area contributed by atoms with E-state index in [2.05, 4.69) is 21.8 Å². The van der Waals surface area contributed by atoms with Gasteiger partial charge in [0, 0.05) is 11.4 Å². The predicted molar refractivity (Wildman–Crippen MR) is 61.5 cm³/mol. The van der Waals surface area contributed by atoms with Crippen molar-refractivity contribution >= 4 is 28.9 Å². The molecule has 0 fully saturated rings. The van der Waals surface area contributed by atoms with Crippen LogP contribution >= 0.6 is 17.1 Å². The predicted octanol–water partition coefficient (Wildman–Crippen LogP) is 1.54. The lowest BCUT2D eigenvalue weighted by atomic mass is 10.3. The summed E-state index contributed by atoms with van der Waals surface area (Å²) in [5, 5.41) is 0. The minimum absolute atomic E-state index is 0.340. The third-order valence-corrected chi connectivity index (χ3v) is 4.46. The minimum Gasteiger partial charge on any atom is -0.338 e. The van der Waals surface area contributed by atoms with Crippen LogP contribution in [0.2, 0.25) is 0 Å². The molecule has 2 N–H and O–H groups in total. The number of aryl methyl sites for hydroxylation is 2. The summed E-state index contributed by atoms with van der Waals surface area (Å²) in [4.78, 5) is 26.3. The molecule has 1 rings (SSSR count). The van der Waals surface area contributed by atoms with Gasteiger partial charge in [-0.2, -0.15) is 0 Å². The van der Waals surface area contributed by atoms with E-state index in [1.165, 1.54) is 0 Å². The van der Waals surface area contributed by atoms with Gasteiger partial charge in [0.05, 0.1) is 5.75 Å². The first-order valence-corrected chi connectivity index (χ1v) is 8.18. The zero-order valence-corrected chi connectivity index (χ0v) is 10.4. The van der Waals surface area contributed by atoms with E-state index < -0.39 is 5.69 Å². The second kappa shape index (κ2) is 4.68. The summed E-state index contributed by atoms with van der Waals surface area (Å²) in [5.74, 6) is 0.928. The van der Waals surface area contributed by atoms with E-state index in [1.807, 2.05) is 19.9 Å². The fourth-order valence-corrected chi connectivity index (χ4v) is 2.74. The molecule has 0 atom stereocenters. The molecule has 0 radical (unpaired) electrons. The second-order valence-electron chi connectivity index (χ2n) is 2.83. The van der Waals surface area contributed by atoms with Gasteiger partial charge >= 0.3 is 0 Å². The molecule has 0 spiro atoms. The Hall–Kier alpha value is -0.000000000000000111. The van der Waals surface area contributed by atoms with Crippen LogP contribution in [0, 0.1) is 13.8 Å². The highest BCUT2D eigenvalue weighted by molar-refractivity contribution is 8.67. The third-order valence-electron chi connectivity index (χ3n) is 1.39. The average molecular weight is 250 g/mol. The topological polar surface area (TPSA) is 66.2 Å². The molecule has 14 heavy (non-hydrogen) atoms. The number of nitrogens with zero attached hydrogens (tertiary/aromatic N) is 2. The SMILES string of the molecule is Cc1cc(C)nc(CSP(O)(O)=S)n1. The van der Waals surface area contributed by atoms with E-state index in [1.54, 1.807) is 0 Å². The fraction of sp³-hybridized carbons (Fsp3) is 0.429. The molecule has 7 heteroatoms. The van der Waals surface area contributed by atoms with Crippen molar-refractivity contribution in [3.63, 3.8) is 0 Å². The Kier molecular flexibility index (Phi) is 4.04. The summed E-state index contributed by atoms with van der Waals surface area (Å²) in [6.45, 7) is 3.74. The lowest BCUT2D eigenvalue weighted by Crippen LogP contribution is -1.96. The van der Waals surface area contributed by atoms with Crippen molar-refractivity contribution in [2.75, 3.05) is 0 Å². The molecule has 0 saturated carbocycles. The monoisotopic (exact) mass is 250 g/mol. The van der Waals surface area contributed by atoms with Crippen LogP contribution in [0.1, 0.15) is 17.2 Å². The number of hydrogen-bond acceptors (Lipinski definition) is 4. The normalized spacial score (nSPS) is 11.7. The molecule has 78 valence electrons. The highest BCUT2D eigenvalue weighted by Crippen LogP contribution is 2.51. The van der Waals surface area contributed by atoms with Crippen LogP contribution in [-0.4, -0.2) is 19.8 Å². The Morgan fingerprint density at radius 1 is 1.36 bits per heavy atom. The van der Waals surface area contributed by atoms with Crippen LogP contribution in [-0.2, 0) is 17.6 Å². The molecule has 1 aromatic rings. The Morgan fingerprint density at radius 3 is 2.29 bits per heavy atom. The van der Waals surface area contributed by atoms with Gasteiger partial charge in [-0.3, -0.25) is 0 Å². The Balaban J connectivity index is 2.73. The van der Waals surface area contributed by atoms with Crippen LogP contribution in [0.4, 0.5) is 0 Å². The van der Waals surface area contributed by atoms with Gasteiger partial charge in [-0.15, -0.1) is 0 Å². The smallest absolute Gasteiger partial charge is 0.242 e. The Bertz CT molecular complexity index is 360. The summed E-state index contributed by atoms with van der Waals surface area (Å²) in [6.07, 6.45) is 0. The van der Waals surface area contributed by atoms with Crippen molar-refractivity contribution in [2.45, 2.75) is 19.6 Å². The van der Waals surface area contributed by atoms with Crippen molar-refractivity contribution in [1.29, 1.82) is 0 Å². The van der Waals surface area contributed by atoms with Crippen molar-refractivity contribution in [3.05, 3.63) is 23.3 Å². The highest BCUT2D eigenvalue weighted by atomic mass is 32.9. The van der Waals surface area contributed by atoms with Gasteiger partial charge in [0.25, 0.3) is 0 Å². The first kappa shape index (κ1) is 12.1. The Labute approximate surface area is 91.7 Å². The van der Waals surface area contributed by atoms with Gasteiger partial charge in [-0.1, -0.05) is 11.4 Å². The van der Waals surface area contributed by atoms with E-state index in [0.717, 1.165) is 22.8 Å². The lowest BCUT2D eigenvalue weighted by Gasteiger charge is -2.06. The molecule has 0 aromatic carbocycles. The van der Waals surface area contributed by atoms with Crippen molar-refractivity contribution in [1.82, 2.24) is 9.97 Å². The molecule has 1 heterocycles. The second-order valence-corrected chi connectivity index (χ2v) is 8.88. The van der Waals surface area contributed by atoms with Crippen LogP contribution in [0.25, 0.3) is 0 Å². The molecular formula is C7H11N2O2PS2. The van der Waals surface area contributed by atoms with E-state index >= 15 is 0 Å². The average Bonchev–Trinajstić information content (AvgIpc) is 1.97. The maximum absolute atomic E-state index is 9.01. The standard InChI is InChI=1S/C7H11N2O2PS2/c1-5-3-6(2)9-7(8-5)4-14-12(10,11)13/h3H,4H2,1-2H3,(H2,10,11,13). The van der Waals surface area contributed by atoms with Crippen molar-refractivity contribution in [3.8, 4) is 0 Å². The largest absolute Gasteiger partial charge is 0.338 e. The molecule has 0 aliphatic heterocycles. The molecule has 0 unspecified atom stereocenters. The lowest BCUT2D eigenvalue weighted by molar-refractivity contribution is 0.502. The van der Waals surface area contributed by atoms with E-state index in [-0.39, 0.29) is 0 Å². The number of aromatic nitrogens is 2. The molecule has 0 bridgehead atoms. The van der Waals surface area contributed by atoms with Crippen molar-refractivity contribution < 1.29 is 9.79 Å². The van der Waals surface area contributed by atoms with Gasteiger partial charge in [0.15, 0.2) is 0 Å². The van der Waals surface area contributed by atoms with Gasteiger partial charge < -0.3 is 9.79 Å². The van der Waals surface area contributed by atoms with Crippen LogP contribution in [0.15, 0.2) is 6.07 Å². The summed E-state index contributed by atoms with van der Waals surface area (Å²) in [6, 6.07) is 1.86. The van der Waals surface area contributed by atoms with Gasteiger partial charge in [0.1, 0.15) is 5.82 Å². The summed E-state index contributed by atoms with van der Waals surface area (Å²) in [5.41, 5.74) is -1.45.